The van der Waals surface area contributed by atoms with Crippen LogP contribution in [0, 0.1) is 0 Å². The van der Waals surface area contributed by atoms with Crippen LogP contribution in [0.15, 0.2) is 72.9 Å². The number of aliphatic hydroxyl groups excluding tert-OH is 1. The Bertz CT molecular complexity index is 438. The zero-order valence-electron chi connectivity index (χ0n) is 12.0. The van der Waals surface area contributed by atoms with E-state index in [9.17, 15) is 0 Å². The van der Waals surface area contributed by atoms with Gasteiger partial charge in [0.15, 0.2) is 0 Å². The Kier molecular flexibility index (Phi) is 9.87. The Morgan fingerprint density at radius 1 is 0.750 bits per heavy atom. The lowest BCUT2D eigenvalue weighted by Gasteiger charge is -1.92. The van der Waals surface area contributed by atoms with E-state index in [-0.39, 0.29) is 0 Å². The van der Waals surface area contributed by atoms with Gasteiger partial charge in [0.2, 0.25) is 0 Å². The lowest BCUT2D eigenvalue weighted by atomic mass is 10.2. The first-order valence-corrected chi connectivity index (χ1v) is 7.26. The van der Waals surface area contributed by atoms with E-state index in [2.05, 4.69) is 30.4 Å². The molecule has 106 valence electrons. The Hall–Kier alpha value is -1.86. The molecule has 1 N–H and O–H groups in total. The van der Waals surface area contributed by atoms with Gasteiger partial charge in [-0.1, -0.05) is 85.4 Å². The first-order valence-electron chi connectivity index (χ1n) is 7.26. The molecular formula is C19H24O. The van der Waals surface area contributed by atoms with Crippen molar-refractivity contribution in [2.75, 3.05) is 6.61 Å². The van der Waals surface area contributed by atoms with E-state index in [1.807, 2.05) is 48.6 Å². The maximum Gasteiger partial charge on any atom is 0.0431 e. The van der Waals surface area contributed by atoms with Gasteiger partial charge < -0.3 is 5.11 Å². The normalized spacial score (nSPS) is 12.4. The van der Waals surface area contributed by atoms with Crippen molar-refractivity contribution < 1.29 is 5.11 Å². The molecule has 0 spiro atoms. The SMILES string of the molecule is OCCCCC/C=C/C=C/C=C/C=C/c1ccccc1. The van der Waals surface area contributed by atoms with Crippen LogP contribution < -0.4 is 0 Å². The van der Waals surface area contributed by atoms with Crippen LogP contribution in [-0.4, -0.2) is 11.7 Å². The second-order valence-electron chi connectivity index (χ2n) is 4.54. The molecule has 0 aromatic heterocycles. The molecular weight excluding hydrogens is 244 g/mol. The van der Waals surface area contributed by atoms with E-state index in [1.54, 1.807) is 0 Å². The summed E-state index contributed by atoms with van der Waals surface area (Å²) in [7, 11) is 0. The largest absolute Gasteiger partial charge is 0.396 e. The van der Waals surface area contributed by atoms with Gasteiger partial charge in [-0.15, -0.1) is 0 Å². The highest BCUT2D eigenvalue weighted by molar-refractivity contribution is 5.50. The molecule has 0 aliphatic rings. The minimum atomic E-state index is 0.310. The van der Waals surface area contributed by atoms with Gasteiger partial charge in [0, 0.05) is 6.61 Å². The fourth-order valence-electron chi connectivity index (χ4n) is 1.71. The number of unbranched alkanes of at least 4 members (excludes halogenated alkanes) is 3. The predicted molar refractivity (Wildman–Crippen MR) is 88.4 cm³/mol. The molecule has 0 bridgehead atoms. The molecule has 0 aliphatic carbocycles. The Labute approximate surface area is 122 Å². The molecule has 0 amide bonds. The summed E-state index contributed by atoms with van der Waals surface area (Å²) in [6.07, 6.45) is 20.7. The molecule has 0 fully saturated rings. The average molecular weight is 268 g/mol. The van der Waals surface area contributed by atoms with Gasteiger partial charge in [0.05, 0.1) is 0 Å². The Balaban J connectivity index is 2.13. The van der Waals surface area contributed by atoms with Gasteiger partial charge in [0.25, 0.3) is 0 Å². The second kappa shape index (κ2) is 12.2. The molecule has 0 radical (unpaired) electrons. The van der Waals surface area contributed by atoms with Gasteiger partial charge in [-0.2, -0.15) is 0 Å². The van der Waals surface area contributed by atoms with Crippen LogP contribution in [0.5, 0.6) is 0 Å². The van der Waals surface area contributed by atoms with E-state index >= 15 is 0 Å². The van der Waals surface area contributed by atoms with Crippen LogP contribution in [0.4, 0.5) is 0 Å². The minimum Gasteiger partial charge on any atom is -0.396 e. The third-order valence-electron chi connectivity index (χ3n) is 2.81. The van der Waals surface area contributed by atoms with E-state index in [0.29, 0.717) is 6.61 Å². The summed E-state index contributed by atoms with van der Waals surface area (Å²) in [6, 6.07) is 10.3. The molecule has 1 nitrogen and oxygen atoms in total. The average Bonchev–Trinajstić information content (AvgIpc) is 2.49. The Morgan fingerprint density at radius 3 is 2.20 bits per heavy atom. The predicted octanol–water partition coefficient (Wildman–Crippen LogP) is 4.92. The molecule has 0 aliphatic heterocycles. The van der Waals surface area contributed by atoms with Crippen molar-refractivity contribution in [3.63, 3.8) is 0 Å². The quantitative estimate of drug-likeness (QED) is 0.498. The monoisotopic (exact) mass is 268 g/mol. The van der Waals surface area contributed by atoms with Crippen molar-refractivity contribution >= 4 is 6.08 Å². The van der Waals surface area contributed by atoms with E-state index in [0.717, 1.165) is 25.7 Å². The number of aliphatic hydroxyl groups is 1. The van der Waals surface area contributed by atoms with E-state index < -0.39 is 0 Å². The molecule has 1 rings (SSSR count). The highest BCUT2D eigenvalue weighted by atomic mass is 16.2. The Morgan fingerprint density at radius 2 is 1.45 bits per heavy atom. The van der Waals surface area contributed by atoms with Crippen molar-refractivity contribution in [2.45, 2.75) is 25.7 Å². The molecule has 1 aromatic rings. The van der Waals surface area contributed by atoms with Crippen molar-refractivity contribution in [3.05, 3.63) is 78.4 Å². The maximum absolute atomic E-state index is 8.64. The standard InChI is InChI=1S/C19H24O/c20-18-14-9-7-5-3-1-2-4-6-8-11-15-19-16-12-10-13-17-19/h1-4,6,8,10-13,15-17,20H,5,7,9,14,18H2/b3-1+,4-2+,8-6+,15-11+. The second-order valence-corrected chi connectivity index (χ2v) is 4.54. The summed E-state index contributed by atoms with van der Waals surface area (Å²) < 4.78 is 0. The molecule has 0 heterocycles. The lowest BCUT2D eigenvalue weighted by molar-refractivity contribution is 0.283. The molecule has 0 saturated heterocycles. The zero-order valence-corrected chi connectivity index (χ0v) is 12.0. The highest BCUT2D eigenvalue weighted by Crippen LogP contribution is 2.01. The van der Waals surface area contributed by atoms with Gasteiger partial charge >= 0.3 is 0 Å². The fraction of sp³-hybridized carbons (Fsp3) is 0.263. The van der Waals surface area contributed by atoms with Crippen molar-refractivity contribution in [1.82, 2.24) is 0 Å². The smallest absolute Gasteiger partial charge is 0.0431 e. The fourth-order valence-corrected chi connectivity index (χ4v) is 1.71. The van der Waals surface area contributed by atoms with Crippen molar-refractivity contribution in [1.29, 1.82) is 0 Å². The van der Waals surface area contributed by atoms with Crippen LogP contribution in [0.1, 0.15) is 31.2 Å². The third-order valence-corrected chi connectivity index (χ3v) is 2.81. The highest BCUT2D eigenvalue weighted by Gasteiger charge is 1.83. The summed E-state index contributed by atoms with van der Waals surface area (Å²) >= 11 is 0. The zero-order chi connectivity index (χ0) is 14.3. The number of hydrogen-bond donors (Lipinski definition) is 1. The number of benzene rings is 1. The summed E-state index contributed by atoms with van der Waals surface area (Å²) in [4.78, 5) is 0. The van der Waals surface area contributed by atoms with Gasteiger partial charge in [-0.25, -0.2) is 0 Å². The first-order chi connectivity index (χ1) is 9.93. The lowest BCUT2D eigenvalue weighted by Crippen LogP contribution is -1.81. The maximum atomic E-state index is 8.64. The van der Waals surface area contributed by atoms with Crippen LogP contribution >= 0.6 is 0 Å². The topological polar surface area (TPSA) is 20.2 Å². The summed E-state index contributed by atoms with van der Waals surface area (Å²) in [6.45, 7) is 0.310. The molecule has 1 heteroatoms. The summed E-state index contributed by atoms with van der Waals surface area (Å²) in [5, 5.41) is 8.64. The molecule has 0 atom stereocenters. The number of rotatable bonds is 9. The van der Waals surface area contributed by atoms with Crippen LogP contribution in [0.25, 0.3) is 6.08 Å². The summed E-state index contributed by atoms with van der Waals surface area (Å²) in [5.41, 5.74) is 1.21. The molecule has 0 saturated carbocycles. The molecule has 1 aromatic carbocycles. The molecule has 0 unspecified atom stereocenters. The van der Waals surface area contributed by atoms with Gasteiger partial charge in [0.1, 0.15) is 0 Å². The van der Waals surface area contributed by atoms with E-state index in [4.69, 9.17) is 5.11 Å². The van der Waals surface area contributed by atoms with Crippen molar-refractivity contribution in [2.24, 2.45) is 0 Å². The minimum absolute atomic E-state index is 0.310. The third kappa shape index (κ3) is 9.12. The summed E-state index contributed by atoms with van der Waals surface area (Å²) in [5.74, 6) is 0. The van der Waals surface area contributed by atoms with Crippen molar-refractivity contribution in [3.8, 4) is 0 Å². The number of hydrogen-bond acceptors (Lipinski definition) is 1. The van der Waals surface area contributed by atoms with Gasteiger partial charge in [-0.05, 0) is 24.8 Å². The van der Waals surface area contributed by atoms with Crippen LogP contribution in [0.3, 0.4) is 0 Å². The van der Waals surface area contributed by atoms with Crippen LogP contribution in [-0.2, 0) is 0 Å². The van der Waals surface area contributed by atoms with E-state index in [1.165, 1.54) is 5.56 Å². The van der Waals surface area contributed by atoms with Crippen LogP contribution in [0.2, 0.25) is 0 Å². The molecule has 20 heavy (non-hydrogen) atoms. The van der Waals surface area contributed by atoms with Gasteiger partial charge in [-0.3, -0.25) is 0 Å². The number of allylic oxidation sites excluding steroid dienone is 7. The first kappa shape index (κ1) is 16.2.